The molecule has 0 aliphatic rings. The summed E-state index contributed by atoms with van der Waals surface area (Å²) in [5.74, 6) is -0.266. The number of ether oxygens (including phenoxy) is 1. The van der Waals surface area contributed by atoms with E-state index < -0.39 is 5.41 Å². The molecule has 0 radical (unpaired) electrons. The molecule has 0 amide bonds. The van der Waals surface area contributed by atoms with Crippen molar-refractivity contribution in [1.82, 2.24) is 4.98 Å². The molecule has 1 aromatic heterocycles. The summed E-state index contributed by atoms with van der Waals surface area (Å²) >= 11 is 0. The Morgan fingerprint density at radius 3 is 2.75 bits per heavy atom. The second-order valence-corrected chi connectivity index (χ2v) is 5.16. The van der Waals surface area contributed by atoms with E-state index in [2.05, 4.69) is 4.98 Å². The van der Waals surface area contributed by atoms with Crippen LogP contribution in [0.3, 0.4) is 0 Å². The zero-order chi connectivity index (χ0) is 14.6. The molecule has 0 saturated carbocycles. The van der Waals surface area contributed by atoms with Gasteiger partial charge >= 0.3 is 5.97 Å². The summed E-state index contributed by atoms with van der Waals surface area (Å²) in [7, 11) is 0. The first-order valence-electron chi connectivity index (χ1n) is 6.81. The van der Waals surface area contributed by atoms with Crippen molar-refractivity contribution in [3.05, 3.63) is 42.1 Å². The van der Waals surface area contributed by atoms with Crippen LogP contribution in [0.5, 0.6) is 0 Å². The van der Waals surface area contributed by atoms with Crippen molar-refractivity contribution in [2.75, 3.05) is 13.2 Å². The van der Waals surface area contributed by atoms with Crippen molar-refractivity contribution < 1.29 is 9.53 Å². The minimum Gasteiger partial charge on any atom is -0.466 e. The Hall–Kier alpha value is -1.94. The smallest absolute Gasteiger partial charge is 0.313 e. The highest BCUT2D eigenvalue weighted by Crippen LogP contribution is 2.23. The summed E-state index contributed by atoms with van der Waals surface area (Å²) in [5, 5.41) is 1.09. The fraction of sp³-hybridized carbons (Fsp3) is 0.375. The summed E-state index contributed by atoms with van der Waals surface area (Å²) < 4.78 is 5.11. The lowest BCUT2D eigenvalue weighted by molar-refractivity contribution is -0.153. The fourth-order valence-corrected chi connectivity index (χ4v) is 2.14. The lowest BCUT2D eigenvalue weighted by Crippen LogP contribution is -2.39. The van der Waals surface area contributed by atoms with Crippen LogP contribution in [0.4, 0.5) is 0 Å². The molecular formula is C16H20N2O2. The van der Waals surface area contributed by atoms with E-state index in [1.54, 1.807) is 6.92 Å². The molecule has 0 aliphatic carbocycles. The first-order chi connectivity index (χ1) is 9.59. The van der Waals surface area contributed by atoms with Gasteiger partial charge in [-0.1, -0.05) is 24.3 Å². The molecule has 1 atom stereocenters. The number of hydrogen-bond acceptors (Lipinski definition) is 4. The van der Waals surface area contributed by atoms with Gasteiger partial charge in [0.15, 0.2) is 0 Å². The van der Waals surface area contributed by atoms with Crippen LogP contribution < -0.4 is 5.73 Å². The summed E-state index contributed by atoms with van der Waals surface area (Å²) in [6.07, 6.45) is 0.479. The van der Waals surface area contributed by atoms with E-state index in [1.165, 1.54) is 0 Å². The van der Waals surface area contributed by atoms with Gasteiger partial charge in [0.1, 0.15) is 0 Å². The van der Waals surface area contributed by atoms with Crippen molar-refractivity contribution in [3.63, 3.8) is 0 Å². The van der Waals surface area contributed by atoms with Gasteiger partial charge in [-0.15, -0.1) is 0 Å². The molecule has 2 rings (SSSR count). The molecule has 2 aromatic rings. The van der Waals surface area contributed by atoms with E-state index in [0.29, 0.717) is 13.0 Å². The van der Waals surface area contributed by atoms with Gasteiger partial charge in [0, 0.05) is 24.0 Å². The number of esters is 1. The van der Waals surface area contributed by atoms with Crippen LogP contribution in [0.25, 0.3) is 10.9 Å². The highest BCUT2D eigenvalue weighted by Gasteiger charge is 2.34. The van der Waals surface area contributed by atoms with Gasteiger partial charge in [-0.2, -0.15) is 0 Å². The van der Waals surface area contributed by atoms with Gasteiger partial charge in [-0.25, -0.2) is 0 Å². The van der Waals surface area contributed by atoms with E-state index in [9.17, 15) is 4.79 Å². The fourth-order valence-electron chi connectivity index (χ4n) is 2.14. The second kappa shape index (κ2) is 6.01. The zero-order valence-electron chi connectivity index (χ0n) is 11.9. The SMILES string of the molecule is CCOC(=O)C(C)(CN)Cc1ccc2ccccc2n1. The highest BCUT2D eigenvalue weighted by molar-refractivity contribution is 5.79. The Morgan fingerprint density at radius 1 is 1.30 bits per heavy atom. The summed E-state index contributed by atoms with van der Waals surface area (Å²) in [6.45, 7) is 4.21. The van der Waals surface area contributed by atoms with Gasteiger partial charge in [-0.05, 0) is 26.0 Å². The number of aromatic nitrogens is 1. The van der Waals surface area contributed by atoms with Crippen molar-refractivity contribution in [1.29, 1.82) is 0 Å². The Morgan fingerprint density at radius 2 is 2.05 bits per heavy atom. The van der Waals surface area contributed by atoms with Crippen LogP contribution in [0, 0.1) is 5.41 Å². The quantitative estimate of drug-likeness (QED) is 0.848. The molecule has 0 aliphatic heterocycles. The number of hydrogen-bond donors (Lipinski definition) is 1. The van der Waals surface area contributed by atoms with Crippen molar-refractivity contribution in [2.24, 2.45) is 11.1 Å². The summed E-state index contributed by atoms with van der Waals surface area (Å²) in [5.41, 5.74) is 6.82. The van der Waals surface area contributed by atoms with Crippen LogP contribution in [0.15, 0.2) is 36.4 Å². The third-order valence-corrected chi connectivity index (χ3v) is 3.45. The van der Waals surface area contributed by atoms with Crippen LogP contribution in [-0.2, 0) is 16.0 Å². The molecular weight excluding hydrogens is 252 g/mol. The first-order valence-corrected chi connectivity index (χ1v) is 6.81. The largest absolute Gasteiger partial charge is 0.466 e. The van der Waals surface area contributed by atoms with Gasteiger partial charge < -0.3 is 10.5 Å². The molecule has 0 saturated heterocycles. The maximum atomic E-state index is 12.0. The van der Waals surface area contributed by atoms with Gasteiger partial charge in [0.25, 0.3) is 0 Å². The third kappa shape index (κ3) is 2.96. The second-order valence-electron chi connectivity index (χ2n) is 5.16. The molecule has 1 aromatic carbocycles. The molecule has 4 heteroatoms. The van der Waals surface area contributed by atoms with E-state index in [4.69, 9.17) is 10.5 Å². The molecule has 0 spiro atoms. The summed E-state index contributed by atoms with van der Waals surface area (Å²) in [6, 6.07) is 11.9. The maximum Gasteiger partial charge on any atom is 0.313 e. The Kier molecular flexibility index (Phi) is 4.35. The molecule has 0 bridgehead atoms. The first kappa shape index (κ1) is 14.5. The van der Waals surface area contributed by atoms with Crippen LogP contribution in [-0.4, -0.2) is 24.1 Å². The predicted molar refractivity (Wildman–Crippen MR) is 79.2 cm³/mol. The number of para-hydroxylation sites is 1. The lowest BCUT2D eigenvalue weighted by Gasteiger charge is -2.25. The molecule has 106 valence electrons. The topological polar surface area (TPSA) is 65.2 Å². The molecule has 0 fully saturated rings. The number of carbonyl (C=O) groups excluding carboxylic acids is 1. The zero-order valence-corrected chi connectivity index (χ0v) is 11.9. The maximum absolute atomic E-state index is 12.0. The number of nitrogens with two attached hydrogens (primary N) is 1. The van der Waals surface area contributed by atoms with E-state index in [-0.39, 0.29) is 12.5 Å². The van der Waals surface area contributed by atoms with Crippen LogP contribution in [0.2, 0.25) is 0 Å². The minimum atomic E-state index is -0.731. The number of carbonyl (C=O) groups is 1. The average molecular weight is 272 g/mol. The molecule has 4 nitrogen and oxygen atoms in total. The van der Waals surface area contributed by atoms with Crippen molar-refractivity contribution >= 4 is 16.9 Å². The molecule has 1 unspecified atom stereocenters. The number of pyridine rings is 1. The molecule has 1 heterocycles. The average Bonchev–Trinajstić information content (AvgIpc) is 2.47. The Labute approximate surface area is 119 Å². The van der Waals surface area contributed by atoms with Gasteiger partial charge in [-0.3, -0.25) is 9.78 Å². The standard InChI is InChI=1S/C16H20N2O2/c1-3-20-15(19)16(2,11-17)10-13-9-8-12-6-4-5-7-14(12)18-13/h4-9H,3,10-11,17H2,1-2H3. The van der Waals surface area contributed by atoms with Crippen molar-refractivity contribution in [2.45, 2.75) is 20.3 Å². The number of nitrogens with zero attached hydrogens (tertiary/aromatic N) is 1. The minimum absolute atomic E-state index is 0.236. The predicted octanol–water partition coefficient (Wildman–Crippen LogP) is 2.31. The van der Waals surface area contributed by atoms with Crippen LogP contribution in [0.1, 0.15) is 19.5 Å². The summed E-state index contributed by atoms with van der Waals surface area (Å²) in [4.78, 5) is 16.6. The van der Waals surface area contributed by atoms with Crippen molar-refractivity contribution in [3.8, 4) is 0 Å². The van der Waals surface area contributed by atoms with E-state index in [0.717, 1.165) is 16.6 Å². The lowest BCUT2D eigenvalue weighted by atomic mass is 9.85. The van der Waals surface area contributed by atoms with E-state index in [1.807, 2.05) is 43.3 Å². The monoisotopic (exact) mass is 272 g/mol. The number of benzene rings is 1. The van der Waals surface area contributed by atoms with Gasteiger partial charge in [0.2, 0.25) is 0 Å². The Bertz CT molecular complexity index is 612. The normalized spacial score (nSPS) is 13.9. The van der Waals surface area contributed by atoms with Crippen LogP contribution >= 0.6 is 0 Å². The highest BCUT2D eigenvalue weighted by atomic mass is 16.5. The molecule has 2 N–H and O–H groups in total. The number of fused-ring (bicyclic) bond motifs is 1. The van der Waals surface area contributed by atoms with Gasteiger partial charge in [0.05, 0.1) is 17.5 Å². The third-order valence-electron chi connectivity index (χ3n) is 3.45. The van der Waals surface area contributed by atoms with E-state index >= 15 is 0 Å². The molecule has 20 heavy (non-hydrogen) atoms. The Balaban J connectivity index is 2.27. The number of rotatable bonds is 5.